The number of hydrogen-bond acceptors (Lipinski definition) is 1. The average Bonchev–Trinajstić information content (AvgIpc) is 1.99. The van der Waals surface area contributed by atoms with Crippen molar-refractivity contribution in [1.29, 1.82) is 0 Å². The van der Waals surface area contributed by atoms with Crippen LogP contribution < -0.4 is 0 Å². The van der Waals surface area contributed by atoms with Gasteiger partial charge < -0.3 is 5.11 Å². The summed E-state index contributed by atoms with van der Waals surface area (Å²) in [5.41, 5.74) is 0.260. The van der Waals surface area contributed by atoms with Crippen LogP contribution in [0.4, 0.5) is 0 Å². The molecule has 15 heavy (non-hydrogen) atoms. The molecule has 1 aliphatic rings. The molecular formula is C14H26O. The minimum atomic E-state index is -0.271. The van der Waals surface area contributed by atoms with Gasteiger partial charge in [-0.05, 0) is 42.9 Å². The summed E-state index contributed by atoms with van der Waals surface area (Å²) in [7, 11) is 0. The molecule has 1 fully saturated rings. The highest BCUT2D eigenvalue weighted by atomic mass is 16.3. The molecule has 0 saturated heterocycles. The molecule has 1 rings (SSSR count). The second kappa shape index (κ2) is 4.69. The van der Waals surface area contributed by atoms with Crippen LogP contribution in [0.25, 0.3) is 0 Å². The summed E-state index contributed by atoms with van der Waals surface area (Å²) in [5.74, 6) is 1.82. The molecule has 0 aromatic carbocycles. The zero-order chi connectivity index (χ0) is 11.6. The molecule has 1 heteroatoms. The van der Waals surface area contributed by atoms with E-state index in [0.717, 1.165) is 5.92 Å². The van der Waals surface area contributed by atoms with Crippen molar-refractivity contribution >= 4 is 0 Å². The molecule has 1 N–H and O–H groups in total. The van der Waals surface area contributed by atoms with Gasteiger partial charge >= 0.3 is 0 Å². The van der Waals surface area contributed by atoms with E-state index in [1.165, 1.54) is 12.8 Å². The van der Waals surface area contributed by atoms with E-state index in [1.54, 1.807) is 0 Å². The molecule has 0 bridgehead atoms. The first-order valence-electron chi connectivity index (χ1n) is 6.19. The van der Waals surface area contributed by atoms with E-state index >= 15 is 0 Å². The second-order valence-corrected chi connectivity index (χ2v) is 6.05. The normalized spacial score (nSPS) is 38.1. The number of hydrogen-bond donors (Lipinski definition) is 1. The first-order valence-corrected chi connectivity index (χ1v) is 6.19. The van der Waals surface area contributed by atoms with Crippen LogP contribution >= 0.6 is 0 Å². The van der Waals surface area contributed by atoms with Gasteiger partial charge in [-0.15, -0.1) is 0 Å². The van der Waals surface area contributed by atoms with Crippen LogP contribution in [0.3, 0.4) is 0 Å². The van der Waals surface area contributed by atoms with Gasteiger partial charge in [0.05, 0.1) is 6.10 Å². The molecule has 1 nitrogen and oxygen atoms in total. The molecule has 1 saturated carbocycles. The highest BCUT2D eigenvalue weighted by Gasteiger charge is 2.42. The minimum absolute atomic E-state index is 0.260. The fourth-order valence-corrected chi connectivity index (χ4v) is 3.78. The Kier molecular flexibility index (Phi) is 3.99. The summed E-state index contributed by atoms with van der Waals surface area (Å²) < 4.78 is 0. The molecule has 0 aromatic rings. The van der Waals surface area contributed by atoms with Crippen LogP contribution in [0, 0.1) is 23.2 Å². The molecule has 4 unspecified atom stereocenters. The van der Waals surface area contributed by atoms with Gasteiger partial charge in [-0.3, -0.25) is 0 Å². The SMILES string of the molecule is CC=CC(O)C1C(C)CC(C)CC1(C)C. The third-order valence-electron chi connectivity index (χ3n) is 3.92. The third kappa shape index (κ3) is 2.84. The van der Waals surface area contributed by atoms with Crippen LogP contribution in [-0.2, 0) is 0 Å². The summed E-state index contributed by atoms with van der Waals surface area (Å²) in [4.78, 5) is 0. The molecular weight excluding hydrogens is 184 g/mol. The maximum Gasteiger partial charge on any atom is 0.0756 e. The van der Waals surface area contributed by atoms with Crippen molar-refractivity contribution in [3.8, 4) is 0 Å². The van der Waals surface area contributed by atoms with Gasteiger partial charge in [0.1, 0.15) is 0 Å². The molecule has 0 aliphatic heterocycles. The predicted octanol–water partition coefficient (Wildman–Crippen LogP) is 3.63. The lowest BCUT2D eigenvalue weighted by atomic mass is 9.59. The molecule has 88 valence electrons. The number of aliphatic hydroxyl groups is 1. The van der Waals surface area contributed by atoms with Gasteiger partial charge in [0.15, 0.2) is 0 Å². The van der Waals surface area contributed by atoms with E-state index < -0.39 is 0 Å². The smallest absolute Gasteiger partial charge is 0.0756 e. The van der Waals surface area contributed by atoms with Crippen molar-refractivity contribution in [1.82, 2.24) is 0 Å². The Balaban J connectivity index is 2.84. The van der Waals surface area contributed by atoms with Gasteiger partial charge in [0, 0.05) is 0 Å². The zero-order valence-electron chi connectivity index (χ0n) is 10.8. The molecule has 0 heterocycles. The lowest BCUT2D eigenvalue weighted by molar-refractivity contribution is -0.0222. The Hall–Kier alpha value is -0.300. The maximum atomic E-state index is 10.2. The quantitative estimate of drug-likeness (QED) is 0.690. The standard InChI is InChI=1S/C14H26O/c1-6-7-12(15)13-11(3)8-10(2)9-14(13,4)5/h6-7,10-13,15H,8-9H2,1-5H3. The van der Waals surface area contributed by atoms with Crippen molar-refractivity contribution < 1.29 is 5.11 Å². The molecule has 4 atom stereocenters. The Labute approximate surface area is 94.6 Å². The summed E-state index contributed by atoms with van der Waals surface area (Å²) >= 11 is 0. The van der Waals surface area contributed by atoms with Crippen molar-refractivity contribution in [2.45, 2.75) is 53.6 Å². The van der Waals surface area contributed by atoms with Gasteiger partial charge in [-0.2, -0.15) is 0 Å². The average molecular weight is 210 g/mol. The maximum absolute atomic E-state index is 10.2. The van der Waals surface area contributed by atoms with Crippen molar-refractivity contribution in [3.63, 3.8) is 0 Å². The van der Waals surface area contributed by atoms with Gasteiger partial charge in [0.25, 0.3) is 0 Å². The highest BCUT2D eigenvalue weighted by Crippen LogP contribution is 2.47. The van der Waals surface area contributed by atoms with Crippen molar-refractivity contribution in [3.05, 3.63) is 12.2 Å². The largest absolute Gasteiger partial charge is 0.389 e. The molecule has 1 aliphatic carbocycles. The second-order valence-electron chi connectivity index (χ2n) is 6.05. The molecule has 0 spiro atoms. The summed E-state index contributed by atoms with van der Waals surface area (Å²) in [6.45, 7) is 11.2. The molecule has 0 radical (unpaired) electrons. The number of aliphatic hydroxyl groups excluding tert-OH is 1. The lowest BCUT2D eigenvalue weighted by Crippen LogP contribution is -2.43. The first kappa shape index (κ1) is 12.8. The third-order valence-corrected chi connectivity index (χ3v) is 3.92. The van der Waals surface area contributed by atoms with Gasteiger partial charge in [0.2, 0.25) is 0 Å². The van der Waals surface area contributed by atoms with Crippen molar-refractivity contribution in [2.75, 3.05) is 0 Å². The first-order chi connectivity index (χ1) is 6.88. The van der Waals surface area contributed by atoms with E-state index in [4.69, 9.17) is 0 Å². The predicted molar refractivity (Wildman–Crippen MR) is 65.7 cm³/mol. The van der Waals surface area contributed by atoms with E-state index in [2.05, 4.69) is 27.7 Å². The van der Waals surface area contributed by atoms with Gasteiger partial charge in [-0.25, -0.2) is 0 Å². The fourth-order valence-electron chi connectivity index (χ4n) is 3.78. The van der Waals surface area contributed by atoms with Crippen LogP contribution in [-0.4, -0.2) is 11.2 Å². The summed E-state index contributed by atoms with van der Waals surface area (Å²) in [6.07, 6.45) is 6.12. The zero-order valence-corrected chi connectivity index (χ0v) is 10.8. The van der Waals surface area contributed by atoms with Crippen LogP contribution in [0.2, 0.25) is 0 Å². The minimum Gasteiger partial charge on any atom is -0.389 e. The van der Waals surface area contributed by atoms with Gasteiger partial charge in [-0.1, -0.05) is 39.8 Å². The molecule has 0 amide bonds. The van der Waals surface area contributed by atoms with Crippen LogP contribution in [0.5, 0.6) is 0 Å². The monoisotopic (exact) mass is 210 g/mol. The fraction of sp³-hybridized carbons (Fsp3) is 0.857. The molecule has 0 aromatic heterocycles. The number of rotatable bonds is 2. The number of allylic oxidation sites excluding steroid dienone is 1. The summed E-state index contributed by atoms with van der Waals surface area (Å²) in [6, 6.07) is 0. The van der Waals surface area contributed by atoms with E-state index in [0.29, 0.717) is 11.8 Å². The van der Waals surface area contributed by atoms with Crippen LogP contribution in [0.15, 0.2) is 12.2 Å². The Morgan fingerprint density at radius 2 is 1.93 bits per heavy atom. The topological polar surface area (TPSA) is 20.2 Å². The highest BCUT2D eigenvalue weighted by molar-refractivity contribution is 4.99. The Bertz CT molecular complexity index is 229. The van der Waals surface area contributed by atoms with Crippen molar-refractivity contribution in [2.24, 2.45) is 23.2 Å². The van der Waals surface area contributed by atoms with Crippen LogP contribution in [0.1, 0.15) is 47.5 Å². The summed E-state index contributed by atoms with van der Waals surface area (Å²) in [5, 5.41) is 10.2. The lowest BCUT2D eigenvalue weighted by Gasteiger charge is -2.47. The van der Waals surface area contributed by atoms with E-state index in [9.17, 15) is 5.11 Å². The van der Waals surface area contributed by atoms with E-state index in [-0.39, 0.29) is 11.5 Å². The Morgan fingerprint density at radius 1 is 1.33 bits per heavy atom. The van der Waals surface area contributed by atoms with E-state index in [1.807, 2.05) is 19.1 Å². The Morgan fingerprint density at radius 3 is 2.40 bits per heavy atom.